The van der Waals surface area contributed by atoms with E-state index in [-0.39, 0.29) is 5.91 Å². The third-order valence-corrected chi connectivity index (χ3v) is 3.61. The minimum Gasteiger partial charge on any atom is -0.497 e. The average Bonchev–Trinajstić information content (AvgIpc) is 2.46. The molecule has 4 nitrogen and oxygen atoms in total. The van der Waals surface area contributed by atoms with Gasteiger partial charge >= 0.3 is 0 Å². The van der Waals surface area contributed by atoms with E-state index in [0.717, 1.165) is 29.9 Å². The van der Waals surface area contributed by atoms with Crippen molar-refractivity contribution in [3.63, 3.8) is 0 Å². The van der Waals surface area contributed by atoms with E-state index >= 15 is 0 Å². The van der Waals surface area contributed by atoms with Gasteiger partial charge in [-0.2, -0.15) is 5.10 Å². The van der Waals surface area contributed by atoms with Gasteiger partial charge in [0.05, 0.1) is 13.5 Å². The van der Waals surface area contributed by atoms with E-state index in [2.05, 4.69) is 17.5 Å². The molecule has 0 bridgehead atoms. The number of methoxy groups -OCH3 is 1. The predicted octanol–water partition coefficient (Wildman–Crippen LogP) is 2.92. The lowest BCUT2D eigenvalue weighted by Gasteiger charge is -2.18. The molecule has 1 aromatic carbocycles. The van der Waals surface area contributed by atoms with E-state index in [4.69, 9.17) is 4.74 Å². The van der Waals surface area contributed by atoms with Crippen molar-refractivity contribution in [2.45, 2.75) is 39.0 Å². The lowest BCUT2D eigenvalue weighted by Crippen LogP contribution is -2.23. The number of rotatable bonds is 4. The minimum absolute atomic E-state index is 0.0686. The van der Waals surface area contributed by atoms with E-state index < -0.39 is 0 Å². The third-order valence-electron chi connectivity index (χ3n) is 3.61. The Morgan fingerprint density at radius 3 is 2.80 bits per heavy atom. The first-order valence-electron chi connectivity index (χ1n) is 7.14. The highest BCUT2D eigenvalue weighted by Gasteiger charge is 2.14. The van der Waals surface area contributed by atoms with E-state index in [9.17, 15) is 4.79 Å². The van der Waals surface area contributed by atoms with Gasteiger partial charge in [-0.05, 0) is 49.3 Å². The molecule has 108 valence electrons. The smallest absolute Gasteiger partial charge is 0.244 e. The van der Waals surface area contributed by atoms with E-state index in [1.807, 2.05) is 24.3 Å². The van der Waals surface area contributed by atoms with Crippen molar-refractivity contribution < 1.29 is 9.53 Å². The van der Waals surface area contributed by atoms with Gasteiger partial charge in [-0.3, -0.25) is 4.79 Å². The van der Waals surface area contributed by atoms with Gasteiger partial charge in [0.25, 0.3) is 0 Å². The van der Waals surface area contributed by atoms with Crippen molar-refractivity contribution >= 4 is 11.6 Å². The number of hydrogen-bond acceptors (Lipinski definition) is 3. The average molecular weight is 274 g/mol. The highest BCUT2D eigenvalue weighted by atomic mass is 16.5. The van der Waals surface area contributed by atoms with Crippen LogP contribution in [0.5, 0.6) is 5.75 Å². The molecular weight excluding hydrogens is 252 g/mol. The molecule has 20 heavy (non-hydrogen) atoms. The summed E-state index contributed by atoms with van der Waals surface area (Å²) in [5.41, 5.74) is 4.74. The molecule has 4 heteroatoms. The fraction of sp³-hybridized carbons (Fsp3) is 0.500. The molecule has 0 aliphatic heterocycles. The Labute approximate surface area is 120 Å². The number of carbonyl (C=O) groups is 1. The first kappa shape index (κ1) is 14.6. The number of ether oxygens (including phenoxy) is 1. The van der Waals surface area contributed by atoms with Crippen LogP contribution in [0.2, 0.25) is 0 Å². The Morgan fingerprint density at radius 2 is 2.15 bits per heavy atom. The standard InChI is InChI=1S/C16H22N2O2/c1-12-4-3-5-14(10-12)17-18-16(19)11-13-6-8-15(20-2)9-7-13/h6-9,12H,3-5,10-11H2,1-2H3,(H,18,19)/b17-14+/t12-/m0/s1. The molecule has 0 aromatic heterocycles. The lowest BCUT2D eigenvalue weighted by molar-refractivity contribution is -0.120. The Bertz CT molecular complexity index is 480. The zero-order valence-electron chi connectivity index (χ0n) is 12.2. The van der Waals surface area contributed by atoms with Gasteiger partial charge in [-0.15, -0.1) is 0 Å². The first-order valence-corrected chi connectivity index (χ1v) is 7.14. The van der Waals surface area contributed by atoms with Gasteiger partial charge in [-0.25, -0.2) is 5.43 Å². The summed E-state index contributed by atoms with van der Waals surface area (Å²) in [5.74, 6) is 1.41. The van der Waals surface area contributed by atoms with Crippen LogP contribution in [-0.2, 0) is 11.2 Å². The fourth-order valence-electron chi connectivity index (χ4n) is 2.47. The Hall–Kier alpha value is -1.84. The molecule has 1 aliphatic carbocycles. The fourth-order valence-corrected chi connectivity index (χ4v) is 2.47. The van der Waals surface area contributed by atoms with Crippen LogP contribution in [-0.4, -0.2) is 18.7 Å². The minimum atomic E-state index is -0.0686. The van der Waals surface area contributed by atoms with Crippen molar-refractivity contribution in [2.75, 3.05) is 7.11 Å². The zero-order valence-corrected chi connectivity index (χ0v) is 12.2. The molecule has 2 rings (SSSR count). The monoisotopic (exact) mass is 274 g/mol. The zero-order chi connectivity index (χ0) is 14.4. The van der Waals surface area contributed by atoms with Crippen LogP contribution in [0, 0.1) is 5.92 Å². The van der Waals surface area contributed by atoms with Crippen molar-refractivity contribution in [1.82, 2.24) is 5.43 Å². The Morgan fingerprint density at radius 1 is 1.40 bits per heavy atom. The summed E-state index contributed by atoms with van der Waals surface area (Å²) < 4.78 is 5.09. The highest BCUT2D eigenvalue weighted by molar-refractivity contribution is 5.87. The number of nitrogens with zero attached hydrogens (tertiary/aromatic N) is 1. The molecule has 1 atom stereocenters. The molecular formula is C16H22N2O2. The van der Waals surface area contributed by atoms with Crippen molar-refractivity contribution in [2.24, 2.45) is 11.0 Å². The van der Waals surface area contributed by atoms with Crippen molar-refractivity contribution in [1.29, 1.82) is 0 Å². The second-order valence-electron chi connectivity index (χ2n) is 5.44. The summed E-state index contributed by atoms with van der Waals surface area (Å²) in [6.07, 6.45) is 4.79. The van der Waals surface area contributed by atoms with Crippen LogP contribution < -0.4 is 10.2 Å². The summed E-state index contributed by atoms with van der Waals surface area (Å²) in [7, 11) is 1.63. The number of hydrogen-bond donors (Lipinski definition) is 1. The molecule has 0 spiro atoms. The van der Waals surface area contributed by atoms with Crippen molar-refractivity contribution in [3.8, 4) is 5.75 Å². The maximum atomic E-state index is 11.8. The number of carbonyl (C=O) groups excluding carboxylic acids is 1. The summed E-state index contributed by atoms with van der Waals surface area (Å²) in [4.78, 5) is 11.8. The number of amides is 1. The van der Waals surface area contributed by atoms with Gasteiger partial charge in [0.15, 0.2) is 0 Å². The summed E-state index contributed by atoms with van der Waals surface area (Å²) >= 11 is 0. The molecule has 0 radical (unpaired) electrons. The third kappa shape index (κ3) is 4.37. The quantitative estimate of drug-likeness (QED) is 0.858. The molecule has 1 aromatic rings. The van der Waals surface area contributed by atoms with Crippen LogP contribution in [0.4, 0.5) is 0 Å². The van der Waals surface area contributed by atoms with Gasteiger partial charge < -0.3 is 4.74 Å². The molecule has 1 amide bonds. The summed E-state index contributed by atoms with van der Waals surface area (Å²) in [5, 5.41) is 4.26. The highest BCUT2D eigenvalue weighted by Crippen LogP contribution is 2.20. The van der Waals surface area contributed by atoms with Gasteiger partial charge in [0.1, 0.15) is 5.75 Å². The normalized spacial score (nSPS) is 20.7. The van der Waals surface area contributed by atoms with Crippen LogP contribution in [0.1, 0.15) is 38.2 Å². The first-order chi connectivity index (χ1) is 9.67. The van der Waals surface area contributed by atoms with Crippen molar-refractivity contribution in [3.05, 3.63) is 29.8 Å². The number of nitrogens with one attached hydrogen (secondary N) is 1. The Kier molecular flexibility index (Phi) is 5.16. The Balaban J connectivity index is 1.84. The van der Waals surface area contributed by atoms with E-state index in [0.29, 0.717) is 12.3 Å². The van der Waals surface area contributed by atoms with Crippen LogP contribution in [0.25, 0.3) is 0 Å². The maximum absolute atomic E-state index is 11.8. The molecule has 1 fully saturated rings. The topological polar surface area (TPSA) is 50.7 Å². The lowest BCUT2D eigenvalue weighted by atomic mass is 9.89. The molecule has 1 saturated carbocycles. The van der Waals surface area contributed by atoms with Gasteiger partial charge in [-0.1, -0.05) is 19.1 Å². The second kappa shape index (κ2) is 7.08. The number of benzene rings is 1. The van der Waals surface area contributed by atoms with Crippen LogP contribution >= 0.6 is 0 Å². The largest absolute Gasteiger partial charge is 0.497 e. The summed E-state index contributed by atoms with van der Waals surface area (Å²) in [6.45, 7) is 2.23. The molecule has 1 N–H and O–H groups in total. The van der Waals surface area contributed by atoms with Crippen LogP contribution in [0.15, 0.2) is 29.4 Å². The van der Waals surface area contributed by atoms with Crippen LogP contribution in [0.3, 0.4) is 0 Å². The SMILES string of the molecule is COc1ccc(CC(=O)N/N=C2\CCC[C@H](C)C2)cc1. The molecule has 1 aliphatic rings. The molecule has 0 unspecified atom stereocenters. The second-order valence-corrected chi connectivity index (χ2v) is 5.44. The van der Waals surface area contributed by atoms with Gasteiger partial charge in [0.2, 0.25) is 5.91 Å². The maximum Gasteiger partial charge on any atom is 0.244 e. The summed E-state index contributed by atoms with van der Waals surface area (Å²) in [6, 6.07) is 7.51. The van der Waals surface area contributed by atoms with Gasteiger partial charge in [0, 0.05) is 5.71 Å². The van der Waals surface area contributed by atoms with E-state index in [1.54, 1.807) is 7.11 Å². The molecule has 0 saturated heterocycles. The van der Waals surface area contributed by atoms with E-state index in [1.165, 1.54) is 12.8 Å². The number of hydrazone groups is 1. The predicted molar refractivity (Wildman–Crippen MR) is 79.9 cm³/mol. The molecule has 0 heterocycles.